The van der Waals surface area contributed by atoms with Crippen molar-refractivity contribution in [2.75, 3.05) is 5.43 Å². The van der Waals surface area contributed by atoms with Crippen molar-refractivity contribution in [1.29, 1.82) is 0 Å². The Morgan fingerprint density at radius 1 is 1.04 bits per heavy atom. The normalized spacial score (nSPS) is 10.8. The molecule has 9 nitrogen and oxygen atoms in total. The molecule has 2 aromatic rings. The Morgan fingerprint density at radius 2 is 1.67 bits per heavy atom. The first-order chi connectivity index (χ1) is 11.3. The zero-order valence-electron chi connectivity index (χ0n) is 11.6. The van der Waals surface area contributed by atoms with Gasteiger partial charge in [-0.1, -0.05) is 23.2 Å². The number of nitro groups is 2. The van der Waals surface area contributed by atoms with E-state index < -0.39 is 27.0 Å². The molecule has 0 radical (unpaired) electrons. The van der Waals surface area contributed by atoms with E-state index in [1.165, 1.54) is 18.2 Å². The molecule has 0 bridgehead atoms. The Hall–Kier alpha value is -2.91. The van der Waals surface area contributed by atoms with Crippen LogP contribution in [0.1, 0.15) is 5.56 Å². The molecular weight excluding hydrogens is 363 g/mol. The summed E-state index contributed by atoms with van der Waals surface area (Å²) < 4.78 is 0. The molecule has 0 aromatic heterocycles. The fourth-order valence-corrected chi connectivity index (χ4v) is 2.29. The Morgan fingerprint density at radius 3 is 2.21 bits per heavy atom. The van der Waals surface area contributed by atoms with Crippen LogP contribution in [-0.2, 0) is 0 Å². The maximum atomic E-state index is 10.9. The molecule has 0 aliphatic carbocycles. The molecule has 0 aliphatic rings. The lowest BCUT2D eigenvalue weighted by molar-refractivity contribution is -0.394. The molecule has 2 aromatic carbocycles. The van der Waals surface area contributed by atoms with Crippen LogP contribution in [0.5, 0.6) is 5.75 Å². The number of nitrogens with one attached hydrogen (secondary N) is 1. The second-order valence-electron chi connectivity index (χ2n) is 4.45. The first-order valence-corrected chi connectivity index (χ1v) is 6.94. The molecule has 0 atom stereocenters. The number of halogens is 2. The molecule has 24 heavy (non-hydrogen) atoms. The van der Waals surface area contributed by atoms with Gasteiger partial charge >= 0.3 is 5.69 Å². The average Bonchev–Trinajstić information content (AvgIpc) is 2.47. The van der Waals surface area contributed by atoms with E-state index in [1.54, 1.807) is 0 Å². The second kappa shape index (κ2) is 7.11. The van der Waals surface area contributed by atoms with Crippen molar-refractivity contribution < 1.29 is 15.0 Å². The predicted octanol–water partition coefficient (Wildman–Crippen LogP) is 3.96. The molecular formula is C13H8Cl2N4O5. The molecule has 0 fully saturated rings. The van der Waals surface area contributed by atoms with Gasteiger partial charge in [0.2, 0.25) is 5.75 Å². The van der Waals surface area contributed by atoms with Gasteiger partial charge in [-0.3, -0.25) is 25.7 Å². The fourth-order valence-electron chi connectivity index (χ4n) is 1.76. The molecule has 11 heteroatoms. The van der Waals surface area contributed by atoms with E-state index in [0.29, 0.717) is 21.8 Å². The zero-order valence-corrected chi connectivity index (χ0v) is 13.2. The van der Waals surface area contributed by atoms with Gasteiger partial charge in [0.15, 0.2) is 0 Å². The SMILES string of the molecule is O=[N+]([O-])c1cc(/C=N/Nc2cc(Cl)cc(Cl)c2)c(O)c([N+](=O)[O-])c1. The van der Waals surface area contributed by atoms with E-state index >= 15 is 0 Å². The van der Waals surface area contributed by atoms with Crippen molar-refractivity contribution in [3.05, 3.63) is 66.2 Å². The van der Waals surface area contributed by atoms with Crippen LogP contribution in [0.2, 0.25) is 10.0 Å². The Balaban J connectivity index is 2.34. The maximum absolute atomic E-state index is 10.9. The molecule has 0 spiro atoms. The van der Waals surface area contributed by atoms with Crippen LogP contribution in [0.3, 0.4) is 0 Å². The lowest BCUT2D eigenvalue weighted by Gasteiger charge is -2.03. The Kier molecular flexibility index (Phi) is 5.17. The lowest BCUT2D eigenvalue weighted by Crippen LogP contribution is -1.97. The number of benzene rings is 2. The van der Waals surface area contributed by atoms with Crippen molar-refractivity contribution in [2.24, 2.45) is 5.10 Å². The highest BCUT2D eigenvalue weighted by Gasteiger charge is 2.23. The lowest BCUT2D eigenvalue weighted by atomic mass is 10.1. The minimum atomic E-state index is -0.927. The molecule has 0 amide bonds. The maximum Gasteiger partial charge on any atom is 0.318 e. The number of phenolic OH excluding ortho intramolecular Hbond substituents is 1. The molecule has 0 saturated carbocycles. The molecule has 0 aliphatic heterocycles. The first kappa shape index (κ1) is 17.4. The third-order valence-electron chi connectivity index (χ3n) is 2.77. The van der Waals surface area contributed by atoms with E-state index in [4.69, 9.17) is 23.2 Å². The van der Waals surface area contributed by atoms with Crippen LogP contribution in [0.25, 0.3) is 0 Å². The van der Waals surface area contributed by atoms with Crippen molar-refractivity contribution >= 4 is 46.5 Å². The number of hydrogen-bond acceptors (Lipinski definition) is 7. The highest BCUT2D eigenvalue weighted by molar-refractivity contribution is 6.35. The van der Waals surface area contributed by atoms with E-state index in [9.17, 15) is 25.3 Å². The van der Waals surface area contributed by atoms with Crippen molar-refractivity contribution in [3.63, 3.8) is 0 Å². The topological polar surface area (TPSA) is 131 Å². The molecule has 0 saturated heterocycles. The van der Waals surface area contributed by atoms with Gasteiger partial charge in [0.1, 0.15) is 0 Å². The summed E-state index contributed by atoms with van der Waals surface area (Å²) in [4.78, 5) is 19.9. The highest BCUT2D eigenvalue weighted by atomic mass is 35.5. The van der Waals surface area contributed by atoms with Gasteiger partial charge in [-0.15, -0.1) is 0 Å². The molecule has 124 valence electrons. The summed E-state index contributed by atoms with van der Waals surface area (Å²) in [5.74, 6) is -0.736. The second-order valence-corrected chi connectivity index (χ2v) is 5.32. The van der Waals surface area contributed by atoms with Gasteiger partial charge in [-0.05, 0) is 18.2 Å². The van der Waals surface area contributed by atoms with E-state index in [1.807, 2.05) is 0 Å². The van der Waals surface area contributed by atoms with Crippen molar-refractivity contribution in [1.82, 2.24) is 0 Å². The molecule has 0 unspecified atom stereocenters. The number of hydrazone groups is 1. The zero-order chi connectivity index (χ0) is 17.9. The molecule has 2 N–H and O–H groups in total. The summed E-state index contributed by atoms with van der Waals surface area (Å²) in [5.41, 5.74) is 1.43. The van der Waals surface area contributed by atoms with Crippen molar-refractivity contribution in [2.45, 2.75) is 0 Å². The Labute approximate surface area is 144 Å². The number of aromatic hydroxyl groups is 1. The molecule has 2 rings (SSSR count). The van der Waals surface area contributed by atoms with Gasteiger partial charge < -0.3 is 5.11 Å². The van der Waals surface area contributed by atoms with Gasteiger partial charge in [-0.25, -0.2) is 0 Å². The quantitative estimate of drug-likeness (QED) is 0.465. The fraction of sp³-hybridized carbons (Fsp3) is 0. The van der Waals surface area contributed by atoms with E-state index in [2.05, 4.69) is 10.5 Å². The summed E-state index contributed by atoms with van der Waals surface area (Å²) in [6.45, 7) is 0. The van der Waals surface area contributed by atoms with E-state index in [-0.39, 0.29) is 5.56 Å². The van der Waals surface area contributed by atoms with Crippen LogP contribution in [0.4, 0.5) is 17.1 Å². The van der Waals surface area contributed by atoms with Crippen LogP contribution < -0.4 is 5.43 Å². The average molecular weight is 371 g/mol. The highest BCUT2D eigenvalue weighted by Crippen LogP contribution is 2.33. The minimum Gasteiger partial charge on any atom is -0.502 e. The predicted molar refractivity (Wildman–Crippen MR) is 89.1 cm³/mol. The van der Waals surface area contributed by atoms with Crippen LogP contribution in [0, 0.1) is 20.2 Å². The number of anilines is 1. The van der Waals surface area contributed by atoms with Crippen LogP contribution in [-0.4, -0.2) is 21.2 Å². The smallest absolute Gasteiger partial charge is 0.318 e. The van der Waals surface area contributed by atoms with Gasteiger partial charge in [0, 0.05) is 16.1 Å². The number of nitro benzene ring substituents is 2. The number of phenols is 1. The number of rotatable bonds is 5. The van der Waals surface area contributed by atoms with Crippen molar-refractivity contribution in [3.8, 4) is 5.75 Å². The number of non-ortho nitro benzene ring substituents is 1. The summed E-state index contributed by atoms with van der Waals surface area (Å²) in [6.07, 6.45) is 1.00. The first-order valence-electron chi connectivity index (χ1n) is 6.19. The Bertz CT molecular complexity index is 836. The summed E-state index contributed by atoms with van der Waals surface area (Å²) in [7, 11) is 0. The van der Waals surface area contributed by atoms with E-state index in [0.717, 1.165) is 12.3 Å². The van der Waals surface area contributed by atoms with Gasteiger partial charge in [-0.2, -0.15) is 5.10 Å². The van der Waals surface area contributed by atoms with Gasteiger partial charge in [0.05, 0.1) is 33.4 Å². The largest absolute Gasteiger partial charge is 0.502 e. The summed E-state index contributed by atoms with van der Waals surface area (Å²) in [5, 5.41) is 36.0. The molecule has 0 heterocycles. The third-order valence-corrected chi connectivity index (χ3v) is 3.21. The summed E-state index contributed by atoms with van der Waals surface area (Å²) >= 11 is 11.6. The number of nitrogens with zero attached hydrogens (tertiary/aromatic N) is 3. The van der Waals surface area contributed by atoms with Crippen LogP contribution in [0.15, 0.2) is 35.4 Å². The number of hydrogen-bond donors (Lipinski definition) is 2. The summed E-state index contributed by atoms with van der Waals surface area (Å²) in [6, 6.07) is 6.16. The monoisotopic (exact) mass is 370 g/mol. The van der Waals surface area contributed by atoms with Crippen LogP contribution >= 0.6 is 23.2 Å². The third kappa shape index (κ3) is 4.09. The minimum absolute atomic E-state index is 0.198. The van der Waals surface area contributed by atoms with Gasteiger partial charge in [0.25, 0.3) is 5.69 Å². The standard InChI is InChI=1S/C13H8Cl2N4O5/c14-8-2-9(15)4-10(3-8)17-16-6-7-1-11(18(21)22)5-12(13(7)20)19(23)24/h1-6,17,20H/b16-6+.